The van der Waals surface area contributed by atoms with Crippen LogP contribution in [0.25, 0.3) is 11.3 Å². The van der Waals surface area contributed by atoms with Crippen molar-refractivity contribution in [2.75, 3.05) is 5.32 Å². The van der Waals surface area contributed by atoms with Crippen LogP contribution in [0.1, 0.15) is 22.7 Å². The minimum atomic E-state index is -0.479. The lowest BCUT2D eigenvalue weighted by Crippen LogP contribution is -2.29. The number of aryl methyl sites for hydroxylation is 1. The van der Waals surface area contributed by atoms with Crippen LogP contribution < -0.4 is 10.9 Å². The summed E-state index contributed by atoms with van der Waals surface area (Å²) in [5.41, 5.74) is 4.09. The summed E-state index contributed by atoms with van der Waals surface area (Å²) in [6, 6.07) is 14.2. The van der Waals surface area contributed by atoms with Gasteiger partial charge in [0.25, 0.3) is 5.56 Å². The van der Waals surface area contributed by atoms with E-state index in [4.69, 9.17) is 0 Å². The molecule has 4 aromatic rings. The summed E-state index contributed by atoms with van der Waals surface area (Å²) in [5, 5.41) is 31.4. The molecule has 1 aliphatic rings. The standard InChI is InChI=1S/C19H15N7O2/c1-10-2-4-11(5-3-10)15-14-16(18(28)22-21-15)20-19-23-24-25-26(19)17(14)12-6-8-13(27)9-7-12/h2-9,17,27H,1H3,(H,22,28)(H,20,23,25)/t17-/m0/s1. The number of benzene rings is 2. The fourth-order valence-corrected chi connectivity index (χ4v) is 3.43. The Bertz CT molecular complexity index is 1230. The van der Waals surface area contributed by atoms with Crippen LogP contribution in [0.15, 0.2) is 53.3 Å². The molecular weight excluding hydrogens is 358 g/mol. The third kappa shape index (κ3) is 2.44. The highest BCUT2D eigenvalue weighted by Crippen LogP contribution is 2.41. The average molecular weight is 373 g/mol. The van der Waals surface area contributed by atoms with Gasteiger partial charge in [-0.1, -0.05) is 47.1 Å². The summed E-state index contributed by atoms with van der Waals surface area (Å²) in [6.45, 7) is 2.01. The van der Waals surface area contributed by atoms with Gasteiger partial charge in [0, 0.05) is 11.1 Å². The van der Waals surface area contributed by atoms with Gasteiger partial charge < -0.3 is 10.4 Å². The number of rotatable bonds is 2. The number of phenols is 1. The van der Waals surface area contributed by atoms with Gasteiger partial charge in [-0.25, -0.2) is 5.10 Å². The average Bonchev–Trinajstić information content (AvgIpc) is 3.17. The van der Waals surface area contributed by atoms with E-state index < -0.39 is 6.04 Å². The largest absolute Gasteiger partial charge is 0.508 e. The van der Waals surface area contributed by atoms with Gasteiger partial charge in [0.1, 0.15) is 17.5 Å². The van der Waals surface area contributed by atoms with Crippen LogP contribution >= 0.6 is 0 Å². The topological polar surface area (TPSA) is 122 Å². The van der Waals surface area contributed by atoms with Gasteiger partial charge in [0.2, 0.25) is 5.95 Å². The highest BCUT2D eigenvalue weighted by atomic mass is 16.3. The zero-order valence-corrected chi connectivity index (χ0v) is 14.8. The molecule has 9 nitrogen and oxygen atoms in total. The van der Waals surface area contributed by atoms with Crippen LogP contribution in [0.5, 0.6) is 5.75 Å². The van der Waals surface area contributed by atoms with Crippen molar-refractivity contribution in [1.29, 1.82) is 0 Å². The first-order valence-electron chi connectivity index (χ1n) is 8.65. The molecule has 0 bridgehead atoms. The van der Waals surface area contributed by atoms with E-state index in [0.29, 0.717) is 22.9 Å². The minimum Gasteiger partial charge on any atom is -0.508 e. The first-order valence-corrected chi connectivity index (χ1v) is 8.65. The third-order valence-corrected chi connectivity index (χ3v) is 4.80. The van der Waals surface area contributed by atoms with Crippen molar-refractivity contribution in [3.63, 3.8) is 0 Å². The highest BCUT2D eigenvalue weighted by molar-refractivity contribution is 5.75. The molecule has 9 heteroatoms. The van der Waals surface area contributed by atoms with E-state index in [2.05, 4.69) is 31.0 Å². The van der Waals surface area contributed by atoms with Crippen molar-refractivity contribution >= 4 is 11.6 Å². The Morgan fingerprint density at radius 1 is 1.07 bits per heavy atom. The second-order valence-corrected chi connectivity index (χ2v) is 6.62. The summed E-state index contributed by atoms with van der Waals surface area (Å²) in [6.07, 6.45) is 0. The lowest BCUT2D eigenvalue weighted by molar-refractivity contribution is 0.474. The third-order valence-electron chi connectivity index (χ3n) is 4.80. The van der Waals surface area contributed by atoms with Crippen LogP contribution in [0.4, 0.5) is 11.6 Å². The number of anilines is 2. The molecule has 138 valence electrons. The fourth-order valence-electron chi connectivity index (χ4n) is 3.43. The van der Waals surface area contributed by atoms with Crippen LogP contribution in [-0.4, -0.2) is 35.5 Å². The number of aromatic hydroxyl groups is 1. The molecule has 0 aliphatic carbocycles. The summed E-state index contributed by atoms with van der Waals surface area (Å²) >= 11 is 0. The number of nitrogens with one attached hydrogen (secondary N) is 2. The number of nitrogens with zero attached hydrogens (tertiary/aromatic N) is 5. The van der Waals surface area contributed by atoms with E-state index >= 15 is 0 Å². The Morgan fingerprint density at radius 2 is 1.82 bits per heavy atom. The van der Waals surface area contributed by atoms with Gasteiger partial charge in [-0.2, -0.15) is 9.78 Å². The molecule has 1 aliphatic heterocycles. The van der Waals surface area contributed by atoms with Gasteiger partial charge in [-0.3, -0.25) is 4.79 Å². The summed E-state index contributed by atoms with van der Waals surface area (Å²) in [4.78, 5) is 12.6. The zero-order valence-electron chi connectivity index (χ0n) is 14.8. The van der Waals surface area contributed by atoms with E-state index in [1.807, 2.05) is 31.2 Å². The molecule has 5 rings (SSSR count). The summed E-state index contributed by atoms with van der Waals surface area (Å²) in [7, 11) is 0. The van der Waals surface area contributed by atoms with Gasteiger partial charge >= 0.3 is 0 Å². The van der Waals surface area contributed by atoms with E-state index in [1.165, 1.54) is 0 Å². The van der Waals surface area contributed by atoms with Crippen molar-refractivity contribution in [3.8, 4) is 17.0 Å². The lowest BCUT2D eigenvalue weighted by atomic mass is 9.92. The van der Waals surface area contributed by atoms with E-state index in [0.717, 1.165) is 16.7 Å². The van der Waals surface area contributed by atoms with Crippen molar-refractivity contribution in [3.05, 3.63) is 75.6 Å². The van der Waals surface area contributed by atoms with Gasteiger partial charge in [-0.05, 0) is 35.0 Å². The molecule has 0 saturated heterocycles. The maximum atomic E-state index is 12.6. The fraction of sp³-hybridized carbons (Fsp3) is 0.105. The summed E-state index contributed by atoms with van der Waals surface area (Å²) < 4.78 is 1.60. The lowest BCUT2D eigenvalue weighted by Gasteiger charge is -2.27. The van der Waals surface area contributed by atoms with Gasteiger partial charge in [0.05, 0.1) is 5.69 Å². The molecule has 28 heavy (non-hydrogen) atoms. The van der Waals surface area contributed by atoms with E-state index in [1.54, 1.807) is 28.9 Å². The van der Waals surface area contributed by atoms with Gasteiger partial charge in [0.15, 0.2) is 0 Å². The number of hydrogen-bond acceptors (Lipinski definition) is 7. The predicted molar refractivity (Wildman–Crippen MR) is 101 cm³/mol. The van der Waals surface area contributed by atoms with Crippen molar-refractivity contribution < 1.29 is 5.11 Å². The van der Waals surface area contributed by atoms with Crippen molar-refractivity contribution in [2.45, 2.75) is 13.0 Å². The first kappa shape index (κ1) is 16.2. The number of phenolic OH excluding ortho intramolecular Hbond substituents is 1. The molecular formula is C19H15N7O2. The molecule has 0 fully saturated rings. The molecule has 3 heterocycles. The second kappa shape index (κ2) is 6.02. The molecule has 0 amide bonds. The highest BCUT2D eigenvalue weighted by Gasteiger charge is 2.34. The Balaban J connectivity index is 1.81. The Morgan fingerprint density at radius 3 is 2.57 bits per heavy atom. The van der Waals surface area contributed by atoms with Crippen LogP contribution in [0, 0.1) is 6.92 Å². The number of aromatic amines is 1. The van der Waals surface area contributed by atoms with Crippen LogP contribution in [0.2, 0.25) is 0 Å². The van der Waals surface area contributed by atoms with Gasteiger partial charge in [-0.15, -0.1) is 0 Å². The van der Waals surface area contributed by atoms with Crippen molar-refractivity contribution in [1.82, 2.24) is 30.4 Å². The minimum absolute atomic E-state index is 0.151. The Labute approximate surface area is 158 Å². The molecule has 0 radical (unpaired) electrons. The summed E-state index contributed by atoms with van der Waals surface area (Å²) in [5.74, 6) is 0.509. The predicted octanol–water partition coefficient (Wildman–Crippen LogP) is 2.13. The van der Waals surface area contributed by atoms with Crippen LogP contribution in [-0.2, 0) is 0 Å². The maximum absolute atomic E-state index is 12.6. The van der Waals surface area contributed by atoms with E-state index in [9.17, 15) is 9.90 Å². The monoisotopic (exact) mass is 373 g/mol. The quantitative estimate of drug-likeness (QED) is 0.433. The molecule has 0 spiro atoms. The van der Waals surface area contributed by atoms with Crippen molar-refractivity contribution in [2.24, 2.45) is 0 Å². The van der Waals surface area contributed by atoms with E-state index in [-0.39, 0.29) is 11.3 Å². The maximum Gasteiger partial charge on any atom is 0.288 e. The first-order chi connectivity index (χ1) is 13.6. The smallest absolute Gasteiger partial charge is 0.288 e. The Kier molecular flexibility index (Phi) is 3.48. The molecule has 2 aromatic heterocycles. The number of fused-ring (bicyclic) bond motifs is 2. The molecule has 0 unspecified atom stereocenters. The number of aromatic nitrogens is 6. The molecule has 1 atom stereocenters. The Hall–Kier alpha value is -4.01. The second-order valence-electron chi connectivity index (χ2n) is 6.62. The molecule has 0 saturated carbocycles. The number of tetrazole rings is 1. The SMILES string of the molecule is Cc1ccc(-c2n[nH]c(=O)c3c2[C@H](c2ccc(O)cc2)n2nnnc2N3)cc1. The van der Waals surface area contributed by atoms with Crippen LogP contribution in [0.3, 0.4) is 0 Å². The normalized spacial score (nSPS) is 14.8. The molecule has 3 N–H and O–H groups in total. The number of hydrogen-bond donors (Lipinski definition) is 3. The number of H-pyrrole nitrogens is 1. The molecule has 2 aromatic carbocycles. The zero-order chi connectivity index (χ0) is 19.3.